The zero-order chi connectivity index (χ0) is 15.2. The number of para-hydroxylation sites is 2. The molecule has 0 saturated carbocycles. The Kier molecular flexibility index (Phi) is 5.85. The van der Waals surface area contributed by atoms with Crippen molar-refractivity contribution >= 4 is 56.2 Å². The second-order valence-electron chi connectivity index (χ2n) is 4.14. The smallest absolute Gasteiger partial charge is 0.175 e. The van der Waals surface area contributed by atoms with E-state index < -0.39 is 0 Å². The van der Waals surface area contributed by atoms with E-state index in [4.69, 9.17) is 28.6 Å². The number of benzene rings is 2. The van der Waals surface area contributed by atoms with E-state index in [1.54, 1.807) is 6.07 Å². The molecule has 0 saturated heterocycles. The highest BCUT2D eigenvalue weighted by atomic mass is 79.9. The fourth-order valence-corrected chi connectivity index (χ4v) is 2.36. The number of hydrogen-bond donors (Lipinski definition) is 2. The topological polar surface area (TPSA) is 33.3 Å². The molecule has 110 valence electrons. The first-order valence-corrected chi connectivity index (χ1v) is 7.93. The lowest BCUT2D eigenvalue weighted by molar-refractivity contribution is 0.342. The lowest BCUT2D eigenvalue weighted by Crippen LogP contribution is -2.19. The summed E-state index contributed by atoms with van der Waals surface area (Å²) in [4.78, 5) is 0. The molecule has 2 N–H and O–H groups in total. The van der Waals surface area contributed by atoms with Gasteiger partial charge in [0.15, 0.2) is 5.11 Å². The highest BCUT2D eigenvalue weighted by molar-refractivity contribution is 9.10. The van der Waals surface area contributed by atoms with E-state index in [1.165, 1.54) is 0 Å². The minimum Gasteiger partial charge on any atom is -0.492 e. The Bertz CT molecular complexity index is 651. The number of halogens is 2. The van der Waals surface area contributed by atoms with Crippen LogP contribution in [0.15, 0.2) is 46.9 Å². The third kappa shape index (κ3) is 4.59. The van der Waals surface area contributed by atoms with Crippen LogP contribution < -0.4 is 15.4 Å². The lowest BCUT2D eigenvalue weighted by atomic mass is 10.3. The molecule has 0 heterocycles. The van der Waals surface area contributed by atoms with Gasteiger partial charge in [-0.2, -0.15) is 0 Å². The van der Waals surface area contributed by atoms with Crippen molar-refractivity contribution in [3.63, 3.8) is 0 Å². The van der Waals surface area contributed by atoms with Crippen molar-refractivity contribution in [1.82, 2.24) is 0 Å². The van der Waals surface area contributed by atoms with Gasteiger partial charge in [-0.05, 0) is 65.4 Å². The molecule has 21 heavy (non-hydrogen) atoms. The van der Waals surface area contributed by atoms with Gasteiger partial charge in [-0.1, -0.05) is 23.7 Å². The summed E-state index contributed by atoms with van der Waals surface area (Å²) < 4.78 is 6.39. The molecule has 0 aliphatic rings. The van der Waals surface area contributed by atoms with Crippen LogP contribution >= 0.6 is 39.7 Å². The second kappa shape index (κ2) is 7.64. The molecule has 3 nitrogen and oxygen atoms in total. The highest BCUT2D eigenvalue weighted by Crippen LogP contribution is 2.26. The first kappa shape index (κ1) is 16.1. The summed E-state index contributed by atoms with van der Waals surface area (Å²) in [6, 6.07) is 13.2. The van der Waals surface area contributed by atoms with Crippen molar-refractivity contribution < 1.29 is 4.74 Å². The number of rotatable bonds is 4. The standard InChI is InChI=1S/C15H14BrClN2OS/c1-2-20-14-6-4-3-5-13(14)19-15(21)18-10-7-8-11(16)12(17)9-10/h3-9H,2H2,1H3,(H2,18,19,21). The van der Waals surface area contributed by atoms with Crippen LogP contribution in [0.2, 0.25) is 5.02 Å². The van der Waals surface area contributed by atoms with Gasteiger partial charge in [0.05, 0.1) is 17.3 Å². The third-order valence-electron chi connectivity index (χ3n) is 2.61. The molecule has 2 aromatic rings. The van der Waals surface area contributed by atoms with Gasteiger partial charge in [-0.15, -0.1) is 0 Å². The SMILES string of the molecule is CCOc1ccccc1NC(=S)Nc1ccc(Br)c(Cl)c1. The van der Waals surface area contributed by atoms with E-state index in [0.29, 0.717) is 16.7 Å². The Balaban J connectivity index is 2.06. The number of hydrogen-bond acceptors (Lipinski definition) is 2. The predicted molar refractivity (Wildman–Crippen MR) is 96.6 cm³/mol. The Labute approximate surface area is 142 Å². The van der Waals surface area contributed by atoms with Gasteiger partial charge < -0.3 is 15.4 Å². The monoisotopic (exact) mass is 384 g/mol. The number of ether oxygens (including phenoxy) is 1. The average Bonchev–Trinajstić information content (AvgIpc) is 2.45. The minimum absolute atomic E-state index is 0.473. The molecule has 6 heteroatoms. The van der Waals surface area contributed by atoms with Gasteiger partial charge in [0.1, 0.15) is 5.75 Å². The minimum atomic E-state index is 0.473. The number of thiocarbonyl (C=S) groups is 1. The van der Waals surface area contributed by atoms with Gasteiger partial charge in [-0.25, -0.2) is 0 Å². The van der Waals surface area contributed by atoms with Crippen molar-refractivity contribution in [2.75, 3.05) is 17.2 Å². The van der Waals surface area contributed by atoms with Crippen LogP contribution in [0.5, 0.6) is 5.75 Å². The van der Waals surface area contributed by atoms with Crippen molar-refractivity contribution in [3.05, 3.63) is 52.0 Å². The van der Waals surface area contributed by atoms with Crippen molar-refractivity contribution in [1.29, 1.82) is 0 Å². The van der Waals surface area contributed by atoms with Crippen molar-refractivity contribution in [3.8, 4) is 5.75 Å². The molecule has 0 radical (unpaired) electrons. The summed E-state index contributed by atoms with van der Waals surface area (Å²) in [6.07, 6.45) is 0. The van der Waals surface area contributed by atoms with Crippen LogP contribution in [0.3, 0.4) is 0 Å². The van der Waals surface area contributed by atoms with E-state index in [9.17, 15) is 0 Å². The molecule has 0 spiro atoms. The van der Waals surface area contributed by atoms with Crippen LogP contribution in [0, 0.1) is 0 Å². The van der Waals surface area contributed by atoms with E-state index >= 15 is 0 Å². The van der Waals surface area contributed by atoms with Gasteiger partial charge in [0, 0.05) is 10.2 Å². The molecule has 0 aromatic heterocycles. The van der Waals surface area contributed by atoms with Gasteiger partial charge in [-0.3, -0.25) is 0 Å². The molecular formula is C15H14BrClN2OS. The predicted octanol–water partition coefficient (Wildman–Crippen LogP) is 5.31. The number of anilines is 2. The first-order chi connectivity index (χ1) is 10.1. The molecule has 0 bridgehead atoms. The fourth-order valence-electron chi connectivity index (χ4n) is 1.71. The lowest BCUT2D eigenvalue weighted by Gasteiger charge is -2.14. The summed E-state index contributed by atoms with van der Waals surface area (Å²) in [5.74, 6) is 0.762. The molecule has 2 rings (SSSR count). The van der Waals surface area contributed by atoms with Crippen molar-refractivity contribution in [2.24, 2.45) is 0 Å². The van der Waals surface area contributed by atoms with Gasteiger partial charge in [0.2, 0.25) is 0 Å². The van der Waals surface area contributed by atoms with Crippen LogP contribution in [0.4, 0.5) is 11.4 Å². The maximum atomic E-state index is 6.05. The maximum Gasteiger partial charge on any atom is 0.175 e. The number of nitrogens with one attached hydrogen (secondary N) is 2. The summed E-state index contributed by atoms with van der Waals surface area (Å²) in [5.41, 5.74) is 1.63. The van der Waals surface area contributed by atoms with E-state index in [1.807, 2.05) is 43.3 Å². The second-order valence-corrected chi connectivity index (χ2v) is 5.81. The first-order valence-electron chi connectivity index (χ1n) is 6.35. The van der Waals surface area contributed by atoms with E-state index in [0.717, 1.165) is 21.6 Å². The fraction of sp³-hybridized carbons (Fsp3) is 0.133. The molecular weight excluding hydrogens is 372 g/mol. The highest BCUT2D eigenvalue weighted by Gasteiger charge is 2.05. The molecule has 0 aliphatic carbocycles. The molecule has 0 aliphatic heterocycles. The molecule has 0 fully saturated rings. The van der Waals surface area contributed by atoms with E-state index in [-0.39, 0.29) is 0 Å². The third-order valence-corrected chi connectivity index (χ3v) is 4.05. The molecule has 0 unspecified atom stereocenters. The Morgan fingerprint density at radius 1 is 1.24 bits per heavy atom. The quantitative estimate of drug-likeness (QED) is 0.699. The summed E-state index contributed by atoms with van der Waals surface area (Å²) in [6.45, 7) is 2.54. The van der Waals surface area contributed by atoms with E-state index in [2.05, 4.69) is 26.6 Å². The van der Waals surface area contributed by atoms with Gasteiger partial charge >= 0.3 is 0 Å². The van der Waals surface area contributed by atoms with Gasteiger partial charge in [0.25, 0.3) is 0 Å². The van der Waals surface area contributed by atoms with Crippen LogP contribution in [0.25, 0.3) is 0 Å². The Hall–Kier alpha value is -1.30. The van der Waals surface area contributed by atoms with Crippen LogP contribution in [-0.2, 0) is 0 Å². The maximum absolute atomic E-state index is 6.05. The normalized spacial score (nSPS) is 10.0. The van der Waals surface area contributed by atoms with Crippen LogP contribution in [0.1, 0.15) is 6.92 Å². The largest absolute Gasteiger partial charge is 0.492 e. The average molecular weight is 386 g/mol. The summed E-state index contributed by atoms with van der Waals surface area (Å²) in [7, 11) is 0. The molecule has 0 amide bonds. The summed E-state index contributed by atoms with van der Waals surface area (Å²) >= 11 is 14.7. The van der Waals surface area contributed by atoms with Crippen LogP contribution in [-0.4, -0.2) is 11.7 Å². The zero-order valence-electron chi connectivity index (χ0n) is 11.3. The van der Waals surface area contributed by atoms with Crippen molar-refractivity contribution in [2.45, 2.75) is 6.92 Å². The Morgan fingerprint density at radius 3 is 2.71 bits per heavy atom. The molecule has 0 atom stereocenters. The zero-order valence-corrected chi connectivity index (χ0v) is 14.5. The Morgan fingerprint density at radius 2 is 2.00 bits per heavy atom. The molecule has 2 aromatic carbocycles. The summed E-state index contributed by atoms with van der Waals surface area (Å²) in [5, 5.41) is 7.30.